The van der Waals surface area contributed by atoms with Crippen LogP contribution in [0.5, 0.6) is 0 Å². The molecule has 5 heteroatoms. The highest BCUT2D eigenvalue weighted by Gasteiger charge is 2.17. The van der Waals surface area contributed by atoms with Crippen molar-refractivity contribution in [1.29, 1.82) is 0 Å². The zero-order chi connectivity index (χ0) is 12.7. The molecule has 1 atom stereocenters. The van der Waals surface area contributed by atoms with Crippen molar-refractivity contribution in [2.75, 3.05) is 0 Å². The van der Waals surface area contributed by atoms with Gasteiger partial charge in [0.2, 0.25) is 0 Å². The summed E-state index contributed by atoms with van der Waals surface area (Å²) in [5.41, 5.74) is 1.10. The molecule has 0 saturated heterocycles. The van der Waals surface area contributed by atoms with Crippen LogP contribution < -0.4 is 0 Å². The van der Waals surface area contributed by atoms with Crippen molar-refractivity contribution in [2.45, 2.75) is 5.38 Å². The third kappa shape index (κ3) is 2.41. The molecule has 92 valence electrons. The van der Waals surface area contributed by atoms with Crippen LogP contribution in [0.25, 0.3) is 9.40 Å². The first-order valence-electron chi connectivity index (χ1n) is 5.21. The maximum atomic E-state index is 6.60. The molecule has 0 aliphatic carbocycles. The highest BCUT2D eigenvalue weighted by molar-refractivity contribution is 9.11. The Morgan fingerprint density at radius 2 is 1.89 bits per heavy atom. The third-order valence-corrected chi connectivity index (χ3v) is 6.61. The maximum Gasteiger partial charge on any atom is 0.0939 e. The average molecular weight is 423 g/mol. The molecule has 0 saturated carbocycles. The molecule has 3 aromatic rings. The lowest BCUT2D eigenvalue weighted by molar-refractivity contribution is 1.17. The Morgan fingerprint density at radius 3 is 2.67 bits per heavy atom. The van der Waals surface area contributed by atoms with Crippen LogP contribution in [0.2, 0.25) is 0 Å². The Morgan fingerprint density at radius 1 is 1.06 bits per heavy atom. The van der Waals surface area contributed by atoms with Gasteiger partial charge in [0.25, 0.3) is 0 Å². The van der Waals surface area contributed by atoms with Crippen LogP contribution in [0.4, 0.5) is 0 Å². The summed E-state index contributed by atoms with van der Waals surface area (Å²) < 4.78 is 4.71. The minimum absolute atomic E-state index is 0.110. The van der Waals surface area contributed by atoms with Crippen molar-refractivity contribution < 1.29 is 0 Å². The number of rotatable bonds is 2. The standard InChI is InChI=1S/C13H7Br2ClS2/c14-7-1-2-9(15)8(5-7)13(16)12-6-11-10(18-12)3-4-17-11/h1-6,13H. The first-order chi connectivity index (χ1) is 8.65. The van der Waals surface area contributed by atoms with Crippen molar-refractivity contribution >= 4 is 75.5 Å². The van der Waals surface area contributed by atoms with Crippen LogP contribution in [0.1, 0.15) is 15.8 Å². The molecule has 1 aromatic carbocycles. The first-order valence-corrected chi connectivity index (χ1v) is 8.93. The van der Waals surface area contributed by atoms with Gasteiger partial charge in [-0.3, -0.25) is 0 Å². The predicted octanol–water partition coefficient (Wildman–Crippen LogP) is 6.82. The Hall–Kier alpha value is 0.130. The highest BCUT2D eigenvalue weighted by atomic mass is 79.9. The van der Waals surface area contributed by atoms with Crippen molar-refractivity contribution in [3.05, 3.63) is 55.1 Å². The van der Waals surface area contributed by atoms with Crippen molar-refractivity contribution in [3.63, 3.8) is 0 Å². The van der Waals surface area contributed by atoms with E-state index in [9.17, 15) is 0 Å². The lowest BCUT2D eigenvalue weighted by atomic mass is 10.1. The fourth-order valence-corrected chi connectivity index (χ4v) is 5.25. The number of benzene rings is 1. The van der Waals surface area contributed by atoms with Gasteiger partial charge < -0.3 is 0 Å². The molecular weight excluding hydrogens is 416 g/mol. The monoisotopic (exact) mass is 420 g/mol. The van der Waals surface area contributed by atoms with Crippen molar-refractivity contribution in [3.8, 4) is 0 Å². The Kier molecular flexibility index (Phi) is 3.83. The summed E-state index contributed by atoms with van der Waals surface area (Å²) >= 11 is 17.2. The zero-order valence-corrected chi connectivity index (χ0v) is 14.6. The smallest absolute Gasteiger partial charge is 0.0939 e. The van der Waals surface area contributed by atoms with Gasteiger partial charge in [0.1, 0.15) is 0 Å². The molecule has 0 aliphatic heterocycles. The molecule has 2 aromatic heterocycles. The summed E-state index contributed by atoms with van der Waals surface area (Å²) in [5.74, 6) is 0. The minimum atomic E-state index is -0.110. The SMILES string of the molecule is ClC(c1cc2sccc2s1)c1cc(Br)ccc1Br. The van der Waals surface area contributed by atoms with E-state index in [1.807, 2.05) is 12.1 Å². The van der Waals surface area contributed by atoms with E-state index in [-0.39, 0.29) is 5.38 Å². The number of thiophene rings is 2. The van der Waals surface area contributed by atoms with Gasteiger partial charge in [0.05, 0.1) is 5.38 Å². The fraction of sp³-hybridized carbons (Fsp3) is 0.0769. The van der Waals surface area contributed by atoms with Crippen LogP contribution in [0.15, 0.2) is 44.7 Å². The molecule has 0 radical (unpaired) electrons. The largest absolute Gasteiger partial charge is 0.143 e. The van der Waals surface area contributed by atoms with Gasteiger partial charge in [0.15, 0.2) is 0 Å². The Labute approximate surface area is 135 Å². The summed E-state index contributed by atoms with van der Waals surface area (Å²) in [7, 11) is 0. The molecule has 0 N–H and O–H groups in total. The molecule has 0 fully saturated rings. The van der Waals surface area contributed by atoms with Crippen LogP contribution in [-0.4, -0.2) is 0 Å². The van der Waals surface area contributed by atoms with Gasteiger partial charge in [-0.25, -0.2) is 0 Å². The van der Waals surface area contributed by atoms with Crippen molar-refractivity contribution in [1.82, 2.24) is 0 Å². The van der Waals surface area contributed by atoms with Gasteiger partial charge >= 0.3 is 0 Å². The predicted molar refractivity (Wildman–Crippen MR) is 89.2 cm³/mol. The van der Waals surface area contributed by atoms with E-state index in [1.165, 1.54) is 14.3 Å². The maximum absolute atomic E-state index is 6.60. The Balaban J connectivity index is 2.05. The molecular formula is C13H7Br2ClS2. The Bertz CT molecular complexity index is 673. The molecule has 0 nitrogen and oxygen atoms in total. The molecule has 0 amide bonds. The molecule has 18 heavy (non-hydrogen) atoms. The van der Waals surface area contributed by atoms with E-state index in [4.69, 9.17) is 11.6 Å². The summed E-state index contributed by atoms with van der Waals surface area (Å²) in [4.78, 5) is 1.19. The van der Waals surface area contributed by atoms with Gasteiger partial charge in [-0.15, -0.1) is 34.3 Å². The van der Waals surface area contributed by atoms with Gasteiger partial charge in [-0.2, -0.15) is 0 Å². The van der Waals surface area contributed by atoms with E-state index >= 15 is 0 Å². The highest BCUT2D eigenvalue weighted by Crippen LogP contribution is 2.41. The van der Waals surface area contributed by atoms with E-state index in [0.29, 0.717) is 0 Å². The molecule has 2 heterocycles. The molecule has 0 aliphatic rings. The minimum Gasteiger partial charge on any atom is -0.143 e. The third-order valence-electron chi connectivity index (χ3n) is 2.64. The zero-order valence-electron chi connectivity index (χ0n) is 8.99. The second-order valence-corrected chi connectivity index (χ2v) is 8.10. The summed E-state index contributed by atoms with van der Waals surface area (Å²) in [5, 5.41) is 2.00. The molecule has 1 unspecified atom stereocenters. The van der Waals surface area contributed by atoms with E-state index in [1.54, 1.807) is 22.7 Å². The normalized spacial score (nSPS) is 13.1. The number of halogens is 3. The summed E-state index contributed by atoms with van der Waals surface area (Å²) in [6.07, 6.45) is 0. The van der Waals surface area contributed by atoms with Crippen molar-refractivity contribution in [2.24, 2.45) is 0 Å². The number of hydrogen-bond acceptors (Lipinski definition) is 2. The number of fused-ring (bicyclic) bond motifs is 1. The van der Waals surface area contributed by atoms with Crippen LogP contribution in [0, 0.1) is 0 Å². The quantitative estimate of drug-likeness (QED) is 0.398. The lowest BCUT2D eigenvalue weighted by Gasteiger charge is -2.10. The lowest BCUT2D eigenvalue weighted by Crippen LogP contribution is -1.91. The second-order valence-electron chi connectivity index (χ2n) is 3.83. The molecule has 3 rings (SSSR count). The van der Waals surface area contributed by atoms with Gasteiger partial charge in [-0.1, -0.05) is 31.9 Å². The molecule has 0 bridgehead atoms. The summed E-state index contributed by atoms with van der Waals surface area (Å²) in [6, 6.07) is 10.4. The fourth-order valence-electron chi connectivity index (χ4n) is 1.77. The van der Waals surface area contributed by atoms with Crippen LogP contribution in [-0.2, 0) is 0 Å². The van der Waals surface area contributed by atoms with E-state index in [2.05, 4.69) is 55.4 Å². The van der Waals surface area contributed by atoms with Crippen LogP contribution >= 0.6 is 66.1 Å². The number of alkyl halides is 1. The topological polar surface area (TPSA) is 0 Å². The molecule has 0 spiro atoms. The first kappa shape index (κ1) is 13.1. The van der Waals surface area contributed by atoms with E-state index < -0.39 is 0 Å². The van der Waals surface area contributed by atoms with Gasteiger partial charge in [0, 0.05) is 23.2 Å². The summed E-state index contributed by atoms with van der Waals surface area (Å²) in [6.45, 7) is 0. The number of hydrogen-bond donors (Lipinski definition) is 0. The van der Waals surface area contributed by atoms with Gasteiger partial charge in [-0.05, 0) is 41.3 Å². The van der Waals surface area contributed by atoms with E-state index in [0.717, 1.165) is 14.5 Å². The second kappa shape index (κ2) is 5.25. The van der Waals surface area contributed by atoms with Crippen LogP contribution in [0.3, 0.4) is 0 Å². The average Bonchev–Trinajstić information content (AvgIpc) is 2.91.